The third kappa shape index (κ3) is 3.68. The zero-order valence-electron chi connectivity index (χ0n) is 7.53. The summed E-state index contributed by atoms with van der Waals surface area (Å²) in [6, 6.07) is -0.252. The smallest absolute Gasteiger partial charge is 0.211 e. The molecule has 0 heterocycles. The molecular weight excluding hydrogens is 178 g/mol. The van der Waals surface area contributed by atoms with Gasteiger partial charge in [0.15, 0.2) is 0 Å². The van der Waals surface area contributed by atoms with Gasteiger partial charge in [0.2, 0.25) is 10.0 Å². The highest BCUT2D eigenvalue weighted by molar-refractivity contribution is 7.88. The molecule has 12 heavy (non-hydrogen) atoms. The van der Waals surface area contributed by atoms with Gasteiger partial charge in [-0.1, -0.05) is 0 Å². The predicted molar refractivity (Wildman–Crippen MR) is 48.6 cm³/mol. The van der Waals surface area contributed by atoms with Crippen molar-refractivity contribution in [2.75, 3.05) is 13.3 Å². The summed E-state index contributed by atoms with van der Waals surface area (Å²) in [5.74, 6) is -0.00185. The second kappa shape index (κ2) is 3.86. The third-order valence-electron chi connectivity index (χ3n) is 1.66. The predicted octanol–water partition coefficient (Wildman–Crippen LogP) is -0.408. The van der Waals surface area contributed by atoms with Gasteiger partial charge in [-0.15, -0.1) is 0 Å². The van der Waals surface area contributed by atoms with Gasteiger partial charge in [-0.2, -0.15) is 0 Å². The van der Waals surface area contributed by atoms with Gasteiger partial charge in [0, 0.05) is 19.5 Å². The number of nitrogens with two attached hydrogens (primary N) is 1. The Bertz CT molecular complexity index is 260. The van der Waals surface area contributed by atoms with Crippen LogP contribution in [0, 0.1) is 5.41 Å². The molecule has 0 aromatic rings. The van der Waals surface area contributed by atoms with E-state index >= 15 is 0 Å². The normalized spacial score (nSPS) is 14.7. The van der Waals surface area contributed by atoms with Gasteiger partial charge in [0.1, 0.15) is 0 Å². The summed E-state index contributed by atoms with van der Waals surface area (Å²) in [6.45, 7) is 1.71. The summed E-state index contributed by atoms with van der Waals surface area (Å²) in [4.78, 5) is 0. The van der Waals surface area contributed by atoms with E-state index in [0.29, 0.717) is 0 Å². The molecule has 0 saturated heterocycles. The number of amidine groups is 1. The molecule has 0 aliphatic carbocycles. The van der Waals surface area contributed by atoms with E-state index in [2.05, 4.69) is 0 Å². The fraction of sp³-hybridized carbons (Fsp3) is 0.833. The van der Waals surface area contributed by atoms with Crippen molar-refractivity contribution in [2.24, 2.45) is 5.73 Å². The Hall–Kier alpha value is -0.620. The Morgan fingerprint density at radius 1 is 1.67 bits per heavy atom. The van der Waals surface area contributed by atoms with E-state index < -0.39 is 10.0 Å². The van der Waals surface area contributed by atoms with Crippen LogP contribution in [-0.2, 0) is 10.0 Å². The van der Waals surface area contributed by atoms with Crippen LogP contribution < -0.4 is 5.73 Å². The van der Waals surface area contributed by atoms with E-state index in [1.165, 1.54) is 11.4 Å². The molecule has 0 radical (unpaired) electrons. The van der Waals surface area contributed by atoms with Crippen LogP contribution in [0.25, 0.3) is 0 Å². The summed E-state index contributed by atoms with van der Waals surface area (Å²) >= 11 is 0. The lowest BCUT2D eigenvalue weighted by Gasteiger charge is -2.21. The summed E-state index contributed by atoms with van der Waals surface area (Å²) in [5, 5.41) is 6.98. The molecule has 0 fully saturated rings. The topological polar surface area (TPSA) is 87.2 Å². The first kappa shape index (κ1) is 11.4. The lowest BCUT2D eigenvalue weighted by Crippen LogP contribution is -2.36. The molecule has 0 amide bonds. The van der Waals surface area contributed by atoms with Crippen molar-refractivity contribution in [2.45, 2.75) is 19.4 Å². The molecule has 6 heteroatoms. The average molecular weight is 193 g/mol. The Morgan fingerprint density at radius 3 is 2.33 bits per heavy atom. The Balaban J connectivity index is 4.30. The summed E-state index contributed by atoms with van der Waals surface area (Å²) in [6.07, 6.45) is 1.40. The van der Waals surface area contributed by atoms with Gasteiger partial charge >= 0.3 is 0 Å². The molecule has 0 bridgehead atoms. The lowest BCUT2D eigenvalue weighted by molar-refractivity contribution is 0.399. The van der Waals surface area contributed by atoms with Crippen LogP contribution in [0.4, 0.5) is 0 Å². The molecule has 5 nitrogen and oxygen atoms in total. The molecular formula is C6H15N3O2S. The highest BCUT2D eigenvalue weighted by Crippen LogP contribution is 2.04. The number of hydrogen-bond acceptors (Lipinski definition) is 3. The Kier molecular flexibility index (Phi) is 3.66. The molecule has 0 aromatic heterocycles. The summed E-state index contributed by atoms with van der Waals surface area (Å²) in [7, 11) is -1.69. The fourth-order valence-electron chi connectivity index (χ4n) is 0.774. The van der Waals surface area contributed by atoms with E-state index in [0.717, 1.165) is 6.26 Å². The molecule has 0 saturated carbocycles. The molecule has 72 valence electrons. The largest absolute Gasteiger partial charge is 0.388 e. The van der Waals surface area contributed by atoms with Gasteiger partial charge in [-0.25, -0.2) is 12.7 Å². The van der Waals surface area contributed by atoms with Crippen LogP contribution >= 0.6 is 0 Å². The number of hydrogen-bond donors (Lipinski definition) is 2. The standard InChI is InChI=1S/C6H15N3O2S/c1-5(4-6(7)8)9(2)12(3,10)11/h5H,4H2,1-3H3,(H3,7,8). The minimum absolute atomic E-state index is 0.00185. The van der Waals surface area contributed by atoms with Gasteiger partial charge < -0.3 is 5.73 Å². The first-order valence-electron chi connectivity index (χ1n) is 3.51. The van der Waals surface area contributed by atoms with Crippen molar-refractivity contribution in [3.63, 3.8) is 0 Å². The number of nitrogens with one attached hydrogen (secondary N) is 1. The van der Waals surface area contributed by atoms with Gasteiger partial charge in [0.05, 0.1) is 12.1 Å². The van der Waals surface area contributed by atoms with Crippen molar-refractivity contribution in [1.29, 1.82) is 5.41 Å². The first-order valence-corrected chi connectivity index (χ1v) is 5.36. The van der Waals surface area contributed by atoms with Gasteiger partial charge in [0.25, 0.3) is 0 Å². The van der Waals surface area contributed by atoms with E-state index in [-0.39, 0.29) is 18.3 Å². The van der Waals surface area contributed by atoms with E-state index in [1.807, 2.05) is 0 Å². The molecule has 1 unspecified atom stereocenters. The highest BCUT2D eigenvalue weighted by Gasteiger charge is 2.18. The second-order valence-electron chi connectivity index (χ2n) is 2.86. The van der Waals surface area contributed by atoms with Crippen LogP contribution in [0.3, 0.4) is 0 Å². The monoisotopic (exact) mass is 193 g/mol. The van der Waals surface area contributed by atoms with Crippen LogP contribution in [0.5, 0.6) is 0 Å². The van der Waals surface area contributed by atoms with E-state index in [4.69, 9.17) is 11.1 Å². The average Bonchev–Trinajstić information content (AvgIpc) is 1.82. The highest BCUT2D eigenvalue weighted by atomic mass is 32.2. The zero-order valence-corrected chi connectivity index (χ0v) is 8.35. The second-order valence-corrected chi connectivity index (χ2v) is 4.90. The minimum atomic E-state index is -3.17. The van der Waals surface area contributed by atoms with Crippen molar-refractivity contribution in [1.82, 2.24) is 4.31 Å². The van der Waals surface area contributed by atoms with Crippen molar-refractivity contribution in [3.05, 3.63) is 0 Å². The molecule has 1 atom stereocenters. The maximum atomic E-state index is 11.0. The molecule has 3 N–H and O–H groups in total. The Morgan fingerprint density at radius 2 is 2.08 bits per heavy atom. The third-order valence-corrected chi connectivity index (χ3v) is 3.07. The van der Waals surface area contributed by atoms with Crippen LogP contribution in [0.1, 0.15) is 13.3 Å². The molecule has 0 aliphatic rings. The SMILES string of the molecule is CC(CC(=N)N)N(C)S(C)(=O)=O. The van der Waals surface area contributed by atoms with Gasteiger partial charge in [-0.3, -0.25) is 5.41 Å². The number of nitrogens with zero attached hydrogens (tertiary/aromatic N) is 1. The van der Waals surface area contributed by atoms with Crippen LogP contribution in [0.15, 0.2) is 0 Å². The van der Waals surface area contributed by atoms with Crippen molar-refractivity contribution in [3.8, 4) is 0 Å². The van der Waals surface area contributed by atoms with Crippen LogP contribution in [0.2, 0.25) is 0 Å². The van der Waals surface area contributed by atoms with Crippen molar-refractivity contribution < 1.29 is 8.42 Å². The molecule has 0 spiro atoms. The summed E-state index contributed by atoms with van der Waals surface area (Å²) in [5.41, 5.74) is 5.14. The maximum Gasteiger partial charge on any atom is 0.211 e. The lowest BCUT2D eigenvalue weighted by atomic mass is 10.2. The number of rotatable bonds is 4. The molecule has 0 aromatic carbocycles. The molecule has 0 rings (SSSR count). The maximum absolute atomic E-state index is 11.0. The molecule has 0 aliphatic heterocycles. The van der Waals surface area contributed by atoms with E-state index in [1.54, 1.807) is 6.92 Å². The van der Waals surface area contributed by atoms with Gasteiger partial charge in [-0.05, 0) is 6.92 Å². The Labute approximate surface area is 73.1 Å². The summed E-state index contributed by atoms with van der Waals surface area (Å²) < 4.78 is 23.1. The van der Waals surface area contributed by atoms with E-state index in [9.17, 15) is 8.42 Å². The minimum Gasteiger partial charge on any atom is -0.388 e. The number of sulfonamides is 1. The van der Waals surface area contributed by atoms with Crippen molar-refractivity contribution >= 4 is 15.9 Å². The fourth-order valence-corrected chi connectivity index (χ4v) is 1.50. The zero-order chi connectivity index (χ0) is 9.94. The first-order chi connectivity index (χ1) is 5.25. The van der Waals surface area contributed by atoms with Crippen LogP contribution in [-0.4, -0.2) is 37.9 Å². The quantitative estimate of drug-likeness (QED) is 0.470.